The van der Waals surface area contributed by atoms with Crippen molar-refractivity contribution in [1.29, 1.82) is 0 Å². The lowest BCUT2D eigenvalue weighted by Crippen LogP contribution is -2.36. The molecule has 1 unspecified atom stereocenters. The maximum Gasteiger partial charge on any atom is 0.269 e. The van der Waals surface area contributed by atoms with Gasteiger partial charge in [-0.2, -0.15) is 0 Å². The molecule has 3 aromatic rings. The highest BCUT2D eigenvalue weighted by atomic mass is 16.1. The van der Waals surface area contributed by atoms with Crippen molar-refractivity contribution in [3.05, 3.63) is 54.5 Å². The quantitative estimate of drug-likeness (QED) is 0.465. The number of hydrogen-bond acceptors (Lipinski definition) is 6. The molecule has 3 rings (SSSR count). The summed E-state index contributed by atoms with van der Waals surface area (Å²) in [6.45, 7) is 4.01. The van der Waals surface area contributed by atoms with Gasteiger partial charge in [0.05, 0.1) is 35.0 Å². The highest BCUT2D eigenvalue weighted by molar-refractivity contribution is 5.98. The summed E-state index contributed by atoms with van der Waals surface area (Å²) in [7, 11) is 0. The number of pyridine rings is 2. The smallest absolute Gasteiger partial charge is 0.269 e. The summed E-state index contributed by atoms with van der Waals surface area (Å²) in [5, 5.41) is 7.18. The molecule has 0 radical (unpaired) electrons. The first-order valence-electron chi connectivity index (χ1n) is 9.31. The molecule has 1 atom stereocenters. The molecule has 0 saturated heterocycles. The number of anilines is 3. The van der Waals surface area contributed by atoms with Crippen molar-refractivity contribution >= 4 is 39.8 Å². The summed E-state index contributed by atoms with van der Waals surface area (Å²) < 4.78 is 0. The maximum atomic E-state index is 11.8. The Morgan fingerprint density at radius 3 is 2.45 bits per heavy atom. The van der Waals surface area contributed by atoms with Crippen LogP contribution < -0.4 is 22.1 Å². The van der Waals surface area contributed by atoms with Crippen LogP contribution in [0.5, 0.6) is 0 Å². The van der Waals surface area contributed by atoms with Crippen LogP contribution in [0.1, 0.15) is 30.8 Å². The van der Waals surface area contributed by atoms with Crippen LogP contribution in [0.2, 0.25) is 0 Å². The van der Waals surface area contributed by atoms with Crippen LogP contribution in [0.3, 0.4) is 0 Å². The normalized spacial score (nSPS) is 12.0. The van der Waals surface area contributed by atoms with Crippen molar-refractivity contribution in [2.45, 2.75) is 26.3 Å². The van der Waals surface area contributed by atoms with Crippen LogP contribution in [-0.4, -0.2) is 27.8 Å². The number of nitrogens with zero attached hydrogens (tertiary/aromatic N) is 2. The largest absolute Gasteiger partial charge is 0.372 e. The minimum atomic E-state index is -0.665. The second-order valence-electron chi connectivity index (χ2n) is 7.25. The number of amides is 2. The molecule has 0 fully saturated rings. The Hall–Kier alpha value is -3.68. The Bertz CT molecular complexity index is 1050. The van der Waals surface area contributed by atoms with Crippen LogP contribution in [0.25, 0.3) is 10.9 Å². The molecular formula is C21H24N6O2. The molecule has 0 spiro atoms. The third kappa shape index (κ3) is 4.98. The first-order valence-corrected chi connectivity index (χ1v) is 9.31. The molecule has 0 aliphatic carbocycles. The number of carbonyl (C=O) groups excluding carboxylic acids is 2. The van der Waals surface area contributed by atoms with E-state index in [1.165, 1.54) is 6.20 Å². The third-order valence-corrected chi connectivity index (χ3v) is 4.38. The molecule has 29 heavy (non-hydrogen) atoms. The average molecular weight is 392 g/mol. The van der Waals surface area contributed by atoms with Gasteiger partial charge in [-0.15, -0.1) is 0 Å². The number of carbonyl (C=O) groups is 2. The van der Waals surface area contributed by atoms with E-state index in [4.69, 9.17) is 11.5 Å². The summed E-state index contributed by atoms with van der Waals surface area (Å²) >= 11 is 0. The van der Waals surface area contributed by atoms with Gasteiger partial charge in [0.25, 0.3) is 5.91 Å². The minimum absolute atomic E-state index is 0.0863. The highest BCUT2D eigenvalue weighted by Crippen LogP contribution is 2.25. The van der Waals surface area contributed by atoms with E-state index in [0.29, 0.717) is 23.5 Å². The van der Waals surface area contributed by atoms with Crippen LogP contribution in [0.4, 0.5) is 17.1 Å². The fourth-order valence-corrected chi connectivity index (χ4v) is 3.05. The number of aromatic nitrogens is 2. The van der Waals surface area contributed by atoms with E-state index < -0.39 is 17.9 Å². The Morgan fingerprint density at radius 2 is 1.76 bits per heavy atom. The predicted octanol–water partition coefficient (Wildman–Crippen LogP) is 2.78. The van der Waals surface area contributed by atoms with E-state index in [0.717, 1.165) is 10.9 Å². The van der Waals surface area contributed by atoms with Crippen molar-refractivity contribution in [3.8, 4) is 0 Å². The number of benzene rings is 1. The minimum Gasteiger partial charge on any atom is -0.372 e. The molecule has 1 aromatic carbocycles. The standard InChI is InChI=1S/C21H24N6O2/c1-12(2)7-18(20(22)28)27-15-9-17(19(21(23)29)25-11-15)26-14-8-13-5-3-4-6-16(13)24-10-14/h3-6,8-12,18,26-27H,7H2,1-2H3,(H2,22,28)(H2,23,29). The summed E-state index contributed by atoms with van der Waals surface area (Å²) in [6.07, 6.45) is 3.70. The Balaban J connectivity index is 1.91. The van der Waals surface area contributed by atoms with Crippen molar-refractivity contribution in [1.82, 2.24) is 9.97 Å². The number of para-hydroxylation sites is 1. The lowest BCUT2D eigenvalue weighted by atomic mass is 10.0. The number of fused-ring (bicyclic) bond motifs is 1. The van der Waals surface area contributed by atoms with E-state index in [1.54, 1.807) is 12.3 Å². The molecule has 2 heterocycles. The molecular weight excluding hydrogens is 368 g/mol. The fraction of sp³-hybridized carbons (Fsp3) is 0.238. The Labute approximate surface area is 168 Å². The summed E-state index contributed by atoms with van der Waals surface area (Å²) in [5.74, 6) is -0.841. The molecule has 0 saturated carbocycles. The molecule has 150 valence electrons. The zero-order valence-corrected chi connectivity index (χ0v) is 16.3. The molecule has 2 aromatic heterocycles. The van der Waals surface area contributed by atoms with Gasteiger partial charge in [-0.3, -0.25) is 14.6 Å². The van der Waals surface area contributed by atoms with Crippen molar-refractivity contribution < 1.29 is 9.59 Å². The van der Waals surface area contributed by atoms with Gasteiger partial charge >= 0.3 is 0 Å². The van der Waals surface area contributed by atoms with Crippen LogP contribution in [-0.2, 0) is 4.79 Å². The molecule has 8 heteroatoms. The SMILES string of the molecule is CC(C)CC(Nc1cnc(C(N)=O)c(Nc2cnc3ccccc3c2)c1)C(N)=O. The van der Waals surface area contributed by atoms with Crippen LogP contribution >= 0.6 is 0 Å². The van der Waals surface area contributed by atoms with Gasteiger partial charge < -0.3 is 22.1 Å². The topological polar surface area (TPSA) is 136 Å². The second kappa shape index (κ2) is 8.55. The molecule has 8 nitrogen and oxygen atoms in total. The number of hydrogen-bond donors (Lipinski definition) is 4. The molecule has 0 aliphatic rings. The van der Waals surface area contributed by atoms with Crippen LogP contribution in [0, 0.1) is 5.92 Å². The summed E-state index contributed by atoms with van der Waals surface area (Å²) in [6, 6.07) is 10.7. The first kappa shape index (κ1) is 20.1. The molecule has 0 bridgehead atoms. The van der Waals surface area contributed by atoms with E-state index >= 15 is 0 Å². The van der Waals surface area contributed by atoms with Gasteiger partial charge in [-0.25, -0.2) is 4.98 Å². The van der Waals surface area contributed by atoms with Gasteiger partial charge in [0, 0.05) is 5.39 Å². The van der Waals surface area contributed by atoms with Crippen molar-refractivity contribution in [2.75, 3.05) is 10.6 Å². The van der Waals surface area contributed by atoms with E-state index in [9.17, 15) is 9.59 Å². The first-order chi connectivity index (χ1) is 13.8. The molecule has 2 amide bonds. The van der Waals surface area contributed by atoms with E-state index in [1.807, 2.05) is 44.2 Å². The average Bonchev–Trinajstić information content (AvgIpc) is 2.67. The number of nitrogens with one attached hydrogen (secondary N) is 2. The number of primary amides is 2. The van der Waals surface area contributed by atoms with E-state index in [-0.39, 0.29) is 11.6 Å². The fourth-order valence-electron chi connectivity index (χ4n) is 3.05. The zero-order chi connectivity index (χ0) is 21.0. The van der Waals surface area contributed by atoms with Gasteiger partial charge in [0.15, 0.2) is 5.69 Å². The summed E-state index contributed by atoms with van der Waals surface area (Å²) in [5.41, 5.74) is 13.6. The monoisotopic (exact) mass is 392 g/mol. The lowest BCUT2D eigenvalue weighted by Gasteiger charge is -2.19. The van der Waals surface area contributed by atoms with Gasteiger partial charge in [0.2, 0.25) is 5.91 Å². The Morgan fingerprint density at radius 1 is 1.03 bits per heavy atom. The zero-order valence-electron chi connectivity index (χ0n) is 16.3. The van der Waals surface area contributed by atoms with E-state index in [2.05, 4.69) is 20.6 Å². The Kier molecular flexibility index (Phi) is 5.92. The third-order valence-electron chi connectivity index (χ3n) is 4.38. The highest BCUT2D eigenvalue weighted by Gasteiger charge is 2.18. The maximum absolute atomic E-state index is 11.8. The number of rotatable bonds is 8. The summed E-state index contributed by atoms with van der Waals surface area (Å²) in [4.78, 5) is 32.1. The molecule has 0 aliphatic heterocycles. The predicted molar refractivity (Wildman–Crippen MR) is 114 cm³/mol. The number of nitrogens with two attached hydrogens (primary N) is 2. The van der Waals surface area contributed by atoms with Crippen molar-refractivity contribution in [3.63, 3.8) is 0 Å². The molecule has 6 N–H and O–H groups in total. The van der Waals surface area contributed by atoms with Gasteiger partial charge in [-0.1, -0.05) is 32.0 Å². The van der Waals surface area contributed by atoms with Gasteiger partial charge in [0.1, 0.15) is 6.04 Å². The van der Waals surface area contributed by atoms with Crippen LogP contribution in [0.15, 0.2) is 48.8 Å². The lowest BCUT2D eigenvalue weighted by molar-refractivity contribution is -0.119. The second-order valence-corrected chi connectivity index (χ2v) is 7.25. The van der Waals surface area contributed by atoms with Crippen molar-refractivity contribution in [2.24, 2.45) is 17.4 Å². The van der Waals surface area contributed by atoms with Gasteiger partial charge in [-0.05, 0) is 30.5 Å².